The highest BCUT2D eigenvalue weighted by atomic mass is 35.5. The maximum atomic E-state index is 10.6. The van der Waals surface area contributed by atoms with Crippen molar-refractivity contribution in [1.82, 2.24) is 4.98 Å². The molecule has 8 heteroatoms. The van der Waals surface area contributed by atoms with Gasteiger partial charge in [-0.2, -0.15) is 0 Å². The van der Waals surface area contributed by atoms with E-state index in [-0.39, 0.29) is 20.9 Å². The number of nitro groups is 1. The van der Waals surface area contributed by atoms with Crippen LogP contribution in [-0.2, 0) is 0 Å². The van der Waals surface area contributed by atoms with Crippen LogP contribution in [0.5, 0.6) is 0 Å². The number of aromatic nitrogens is 1. The number of nitrogens with two attached hydrogens (primary N) is 1. The third-order valence-corrected chi connectivity index (χ3v) is 3.44. The van der Waals surface area contributed by atoms with Crippen LogP contribution in [0.4, 0.5) is 10.8 Å². The summed E-state index contributed by atoms with van der Waals surface area (Å²) in [5.41, 5.74) is 5.63. The minimum Gasteiger partial charge on any atom is -0.375 e. The Hall–Kier alpha value is -1.11. The van der Waals surface area contributed by atoms with Gasteiger partial charge in [0.05, 0.1) is 14.6 Å². The molecule has 0 saturated carbocycles. The van der Waals surface area contributed by atoms with Crippen LogP contribution in [0.3, 0.4) is 0 Å². The average molecular weight is 264 g/mol. The third-order valence-electron chi connectivity index (χ3n) is 1.75. The van der Waals surface area contributed by atoms with E-state index in [9.17, 15) is 10.1 Å². The lowest BCUT2D eigenvalue weighted by Crippen LogP contribution is -1.89. The molecule has 0 unspecified atom stereocenters. The van der Waals surface area contributed by atoms with Gasteiger partial charge in [0.2, 0.25) is 0 Å². The molecule has 0 amide bonds. The monoisotopic (exact) mass is 263 g/mol. The predicted molar refractivity (Wildman–Crippen MR) is 60.7 cm³/mol. The lowest BCUT2D eigenvalue weighted by Gasteiger charge is -1.97. The molecular formula is C7H3Cl2N3O2S. The number of halogens is 2. The van der Waals surface area contributed by atoms with Gasteiger partial charge in [-0.1, -0.05) is 34.5 Å². The first-order chi connectivity index (χ1) is 7.00. The lowest BCUT2D eigenvalue weighted by atomic mass is 10.3. The van der Waals surface area contributed by atoms with Gasteiger partial charge < -0.3 is 5.73 Å². The maximum Gasteiger partial charge on any atom is 0.290 e. The van der Waals surface area contributed by atoms with E-state index >= 15 is 0 Å². The molecule has 1 aromatic heterocycles. The van der Waals surface area contributed by atoms with Crippen molar-refractivity contribution in [1.29, 1.82) is 0 Å². The fraction of sp³-hybridized carbons (Fsp3) is 0. The summed E-state index contributed by atoms with van der Waals surface area (Å²) < 4.78 is 0.438. The van der Waals surface area contributed by atoms with Gasteiger partial charge in [0, 0.05) is 6.07 Å². The average Bonchev–Trinajstić information content (AvgIpc) is 2.53. The predicted octanol–water partition coefficient (Wildman–Crippen LogP) is 3.09. The minimum atomic E-state index is -0.594. The Labute approximate surface area is 97.6 Å². The number of hydrogen-bond donors (Lipinski definition) is 1. The zero-order chi connectivity index (χ0) is 11.2. The largest absolute Gasteiger partial charge is 0.375 e. The molecule has 15 heavy (non-hydrogen) atoms. The standard InChI is InChI=1S/C7H3Cl2N3O2S/c8-2-1-3(12(13)14)4(9)6-5(2)11-7(10)15-6/h1H,(H2,10,11). The van der Waals surface area contributed by atoms with Crippen molar-refractivity contribution in [3.05, 3.63) is 26.2 Å². The van der Waals surface area contributed by atoms with Crippen LogP contribution < -0.4 is 5.73 Å². The number of thiazole rings is 1. The Balaban J connectivity index is 2.89. The first kappa shape index (κ1) is 10.4. The fourth-order valence-corrected chi connectivity index (χ4v) is 2.57. The van der Waals surface area contributed by atoms with Crippen LogP contribution in [0, 0.1) is 10.1 Å². The SMILES string of the molecule is Nc1nc2c(Cl)cc([N+](=O)[O-])c(Cl)c2s1. The molecule has 78 valence electrons. The van der Waals surface area contributed by atoms with Crippen molar-refractivity contribution in [2.75, 3.05) is 5.73 Å². The quantitative estimate of drug-likeness (QED) is 0.633. The van der Waals surface area contributed by atoms with Gasteiger partial charge in [-0.25, -0.2) is 4.98 Å². The van der Waals surface area contributed by atoms with Crippen LogP contribution in [0.15, 0.2) is 6.07 Å². The molecule has 2 rings (SSSR count). The molecule has 1 aromatic carbocycles. The molecule has 0 radical (unpaired) electrons. The molecule has 0 aliphatic rings. The van der Waals surface area contributed by atoms with E-state index in [1.165, 1.54) is 6.07 Å². The van der Waals surface area contributed by atoms with E-state index in [0.717, 1.165) is 11.3 Å². The number of benzene rings is 1. The molecule has 2 N–H and O–H groups in total. The molecule has 0 aliphatic carbocycles. The van der Waals surface area contributed by atoms with Gasteiger partial charge in [0.1, 0.15) is 10.5 Å². The first-order valence-corrected chi connectivity index (χ1v) is 5.26. The Bertz CT molecular complexity index is 569. The number of nitrogens with zero attached hydrogens (tertiary/aromatic N) is 2. The topological polar surface area (TPSA) is 82.0 Å². The highest BCUT2D eigenvalue weighted by Crippen LogP contribution is 2.40. The molecule has 0 bridgehead atoms. The summed E-state index contributed by atoms with van der Waals surface area (Å²) in [7, 11) is 0. The van der Waals surface area contributed by atoms with Gasteiger partial charge in [-0.15, -0.1) is 0 Å². The van der Waals surface area contributed by atoms with Gasteiger partial charge in [0.15, 0.2) is 5.13 Å². The number of fused-ring (bicyclic) bond motifs is 1. The fourth-order valence-electron chi connectivity index (χ4n) is 1.15. The van der Waals surface area contributed by atoms with Gasteiger partial charge in [0.25, 0.3) is 5.69 Å². The summed E-state index contributed by atoms with van der Waals surface area (Å²) in [6.07, 6.45) is 0. The number of rotatable bonds is 1. The van der Waals surface area contributed by atoms with Crippen molar-refractivity contribution in [2.24, 2.45) is 0 Å². The van der Waals surface area contributed by atoms with E-state index in [2.05, 4.69) is 4.98 Å². The Morgan fingerprint density at radius 3 is 2.80 bits per heavy atom. The van der Waals surface area contributed by atoms with E-state index in [1.807, 2.05) is 0 Å². The highest BCUT2D eigenvalue weighted by molar-refractivity contribution is 7.22. The summed E-state index contributed by atoms with van der Waals surface area (Å²) in [5.74, 6) is 0. The normalized spacial score (nSPS) is 10.8. The Morgan fingerprint density at radius 2 is 2.20 bits per heavy atom. The van der Waals surface area contributed by atoms with Crippen LogP contribution >= 0.6 is 34.5 Å². The Kier molecular flexibility index (Phi) is 2.41. The van der Waals surface area contributed by atoms with Crippen molar-refractivity contribution >= 4 is 55.6 Å². The number of nitro benzene ring substituents is 1. The van der Waals surface area contributed by atoms with E-state index < -0.39 is 4.92 Å². The summed E-state index contributed by atoms with van der Waals surface area (Å²) in [6, 6.07) is 1.17. The summed E-state index contributed by atoms with van der Waals surface area (Å²) in [4.78, 5) is 14.0. The van der Waals surface area contributed by atoms with Crippen LogP contribution in [0.1, 0.15) is 0 Å². The number of anilines is 1. The molecule has 0 saturated heterocycles. The zero-order valence-corrected chi connectivity index (χ0v) is 9.36. The minimum absolute atomic E-state index is 0.0219. The first-order valence-electron chi connectivity index (χ1n) is 3.69. The summed E-state index contributed by atoms with van der Waals surface area (Å²) in [5, 5.41) is 11.1. The smallest absolute Gasteiger partial charge is 0.290 e. The van der Waals surface area contributed by atoms with E-state index in [0.29, 0.717) is 10.2 Å². The summed E-state index contributed by atoms with van der Waals surface area (Å²) in [6.45, 7) is 0. The van der Waals surface area contributed by atoms with Crippen LogP contribution in [0.2, 0.25) is 10.0 Å². The molecular weight excluding hydrogens is 261 g/mol. The zero-order valence-electron chi connectivity index (χ0n) is 7.03. The second-order valence-corrected chi connectivity index (χ2v) is 4.49. The third kappa shape index (κ3) is 1.60. The molecule has 0 aliphatic heterocycles. The molecule has 0 fully saturated rings. The number of nitrogen functional groups attached to an aromatic ring is 1. The van der Waals surface area contributed by atoms with Crippen molar-refractivity contribution in [2.45, 2.75) is 0 Å². The van der Waals surface area contributed by atoms with E-state index in [1.54, 1.807) is 0 Å². The number of hydrogen-bond acceptors (Lipinski definition) is 5. The Morgan fingerprint density at radius 1 is 1.53 bits per heavy atom. The molecule has 0 atom stereocenters. The molecule has 2 aromatic rings. The van der Waals surface area contributed by atoms with Crippen LogP contribution in [-0.4, -0.2) is 9.91 Å². The molecule has 5 nitrogen and oxygen atoms in total. The van der Waals surface area contributed by atoms with E-state index in [4.69, 9.17) is 28.9 Å². The summed E-state index contributed by atoms with van der Waals surface area (Å²) >= 11 is 12.7. The highest BCUT2D eigenvalue weighted by Gasteiger charge is 2.20. The van der Waals surface area contributed by atoms with Crippen molar-refractivity contribution < 1.29 is 4.92 Å². The molecule has 0 spiro atoms. The second kappa shape index (κ2) is 3.48. The lowest BCUT2D eigenvalue weighted by molar-refractivity contribution is -0.384. The van der Waals surface area contributed by atoms with Gasteiger partial charge in [-0.05, 0) is 0 Å². The van der Waals surface area contributed by atoms with Gasteiger partial charge in [-0.3, -0.25) is 10.1 Å². The van der Waals surface area contributed by atoms with Crippen LogP contribution in [0.25, 0.3) is 10.2 Å². The van der Waals surface area contributed by atoms with Crippen molar-refractivity contribution in [3.63, 3.8) is 0 Å². The second-order valence-electron chi connectivity index (χ2n) is 2.68. The maximum absolute atomic E-state index is 10.6. The molecule has 1 heterocycles. The van der Waals surface area contributed by atoms with Gasteiger partial charge >= 0.3 is 0 Å². The van der Waals surface area contributed by atoms with Crippen molar-refractivity contribution in [3.8, 4) is 0 Å².